The third kappa shape index (κ3) is 3.03. The van der Waals surface area contributed by atoms with Gasteiger partial charge in [0.05, 0.1) is 6.10 Å². The quantitative estimate of drug-likeness (QED) is 0.940. The number of aliphatic hydroxyl groups excluding tert-OH is 1. The molecule has 1 N–H and O–H groups in total. The molecular weight excluding hydrogens is 288 g/mol. The second kappa shape index (κ2) is 6.14. The molecule has 1 aliphatic heterocycles. The molecule has 0 unspecified atom stereocenters. The van der Waals surface area contributed by atoms with E-state index in [1.54, 1.807) is 12.3 Å². The highest BCUT2D eigenvalue weighted by atomic mass is 19.2. The van der Waals surface area contributed by atoms with Crippen LogP contribution in [0.2, 0.25) is 0 Å². The van der Waals surface area contributed by atoms with E-state index in [1.165, 1.54) is 6.07 Å². The Kier molecular flexibility index (Phi) is 4.22. The van der Waals surface area contributed by atoms with Crippen LogP contribution in [-0.2, 0) is 13.5 Å². The fourth-order valence-electron chi connectivity index (χ4n) is 3.10. The number of nitrogens with zero attached hydrogens (tertiary/aromatic N) is 3. The normalized spacial score (nSPS) is 22.4. The van der Waals surface area contributed by atoms with Gasteiger partial charge in [-0.1, -0.05) is 6.07 Å². The van der Waals surface area contributed by atoms with Crippen LogP contribution in [0.1, 0.15) is 23.7 Å². The van der Waals surface area contributed by atoms with Crippen molar-refractivity contribution in [2.24, 2.45) is 7.05 Å². The smallest absolute Gasteiger partial charge is 0.159 e. The predicted molar refractivity (Wildman–Crippen MR) is 78.2 cm³/mol. The fourth-order valence-corrected chi connectivity index (χ4v) is 3.10. The lowest BCUT2D eigenvalue weighted by atomic mass is 10.0. The van der Waals surface area contributed by atoms with Crippen molar-refractivity contribution in [3.63, 3.8) is 0 Å². The van der Waals surface area contributed by atoms with Gasteiger partial charge in [0, 0.05) is 44.5 Å². The van der Waals surface area contributed by atoms with Crippen molar-refractivity contribution in [2.45, 2.75) is 25.0 Å². The first-order chi connectivity index (χ1) is 10.5. The first kappa shape index (κ1) is 15.1. The molecule has 118 valence electrons. The topological polar surface area (TPSA) is 41.3 Å². The second-order valence-corrected chi connectivity index (χ2v) is 5.77. The predicted octanol–water partition coefficient (Wildman–Crippen LogP) is 2.05. The summed E-state index contributed by atoms with van der Waals surface area (Å²) in [6.45, 7) is 1.28. The maximum Gasteiger partial charge on any atom is 0.159 e. The van der Waals surface area contributed by atoms with E-state index in [0.29, 0.717) is 18.5 Å². The minimum atomic E-state index is -0.844. The number of benzene rings is 1. The third-order valence-corrected chi connectivity index (χ3v) is 4.29. The van der Waals surface area contributed by atoms with Gasteiger partial charge < -0.3 is 5.11 Å². The number of halogens is 2. The fraction of sp³-hybridized carbons (Fsp3) is 0.438. The van der Waals surface area contributed by atoms with Crippen LogP contribution >= 0.6 is 0 Å². The zero-order valence-electron chi connectivity index (χ0n) is 12.4. The zero-order chi connectivity index (χ0) is 15.7. The number of hydrogen-bond donors (Lipinski definition) is 1. The van der Waals surface area contributed by atoms with Gasteiger partial charge in [0.25, 0.3) is 0 Å². The van der Waals surface area contributed by atoms with Crippen molar-refractivity contribution >= 4 is 0 Å². The Bertz CT molecular complexity index is 659. The van der Waals surface area contributed by atoms with Crippen LogP contribution in [0.5, 0.6) is 0 Å². The second-order valence-electron chi connectivity index (χ2n) is 5.77. The number of β-amino-alcohol motifs (C(OH)–C–C–N with tert-alkyl or cyclic N) is 1. The van der Waals surface area contributed by atoms with Crippen molar-refractivity contribution in [3.05, 3.63) is 53.4 Å². The van der Waals surface area contributed by atoms with E-state index in [-0.39, 0.29) is 6.04 Å². The molecule has 1 fully saturated rings. The number of aryl methyl sites for hydroxylation is 1. The first-order valence-corrected chi connectivity index (χ1v) is 7.38. The molecule has 1 aromatic carbocycles. The molecule has 22 heavy (non-hydrogen) atoms. The molecular formula is C16H19F2N3O. The molecule has 0 amide bonds. The van der Waals surface area contributed by atoms with E-state index in [4.69, 9.17) is 0 Å². The maximum atomic E-state index is 13.5. The van der Waals surface area contributed by atoms with Gasteiger partial charge in [-0.3, -0.25) is 9.58 Å². The summed E-state index contributed by atoms with van der Waals surface area (Å²) in [4.78, 5) is 2.12. The van der Waals surface area contributed by atoms with Gasteiger partial charge >= 0.3 is 0 Å². The molecule has 0 spiro atoms. The Labute approximate surface area is 128 Å². The van der Waals surface area contributed by atoms with Crippen LogP contribution in [-0.4, -0.2) is 39.0 Å². The third-order valence-electron chi connectivity index (χ3n) is 4.29. The summed E-state index contributed by atoms with van der Waals surface area (Å²) in [5.74, 6) is -1.69. The van der Waals surface area contributed by atoms with Gasteiger partial charge in [0.2, 0.25) is 0 Å². The highest BCUT2D eigenvalue weighted by Gasteiger charge is 2.32. The van der Waals surface area contributed by atoms with Crippen LogP contribution in [0, 0.1) is 11.6 Å². The molecule has 1 aliphatic rings. The molecule has 4 nitrogen and oxygen atoms in total. The van der Waals surface area contributed by atoms with E-state index >= 15 is 0 Å². The summed E-state index contributed by atoms with van der Waals surface area (Å²) in [5.41, 5.74) is 1.81. The molecule has 2 aromatic rings. The van der Waals surface area contributed by atoms with Gasteiger partial charge in [0.1, 0.15) is 0 Å². The molecule has 0 saturated carbocycles. The van der Waals surface area contributed by atoms with Crippen LogP contribution in [0.15, 0.2) is 30.5 Å². The number of likely N-dealkylation sites (tertiary alicyclic amines) is 1. The minimum Gasteiger partial charge on any atom is -0.392 e. The molecule has 0 radical (unpaired) electrons. The lowest BCUT2D eigenvalue weighted by Gasteiger charge is -2.24. The first-order valence-electron chi connectivity index (χ1n) is 7.38. The molecule has 1 aromatic heterocycles. The number of rotatable bonds is 4. The summed E-state index contributed by atoms with van der Waals surface area (Å²) in [7, 11) is 1.89. The molecule has 6 heteroatoms. The SMILES string of the molecule is Cn1nccc1CCN1C[C@@H](O)C[C@H]1c1ccc(F)c(F)c1. The maximum absolute atomic E-state index is 13.5. The van der Waals surface area contributed by atoms with Gasteiger partial charge in [-0.2, -0.15) is 5.10 Å². The Balaban J connectivity index is 1.74. The molecule has 0 aliphatic carbocycles. The molecule has 1 saturated heterocycles. The zero-order valence-corrected chi connectivity index (χ0v) is 12.4. The summed E-state index contributed by atoms with van der Waals surface area (Å²) < 4.78 is 28.4. The Morgan fingerprint density at radius 3 is 2.77 bits per heavy atom. The Morgan fingerprint density at radius 1 is 1.27 bits per heavy atom. The lowest BCUT2D eigenvalue weighted by molar-refractivity contribution is 0.175. The largest absolute Gasteiger partial charge is 0.392 e. The summed E-state index contributed by atoms with van der Waals surface area (Å²) in [6.07, 6.45) is 2.64. The Hall–Kier alpha value is -1.79. The van der Waals surface area contributed by atoms with E-state index in [0.717, 1.165) is 24.7 Å². The standard InChI is InChI=1S/C16H19F2N3O/c1-20-12(4-6-19-20)5-7-21-10-13(22)9-16(21)11-2-3-14(17)15(18)8-11/h2-4,6,8,13,16,22H,5,7,9-10H2,1H3/t13-,16-/m0/s1. The minimum absolute atomic E-state index is 0.0849. The molecule has 2 atom stereocenters. The number of aliphatic hydroxyl groups is 1. The average molecular weight is 307 g/mol. The lowest BCUT2D eigenvalue weighted by Crippen LogP contribution is -2.27. The summed E-state index contributed by atoms with van der Waals surface area (Å²) in [6, 6.07) is 5.85. The van der Waals surface area contributed by atoms with Crippen molar-refractivity contribution < 1.29 is 13.9 Å². The molecule has 0 bridgehead atoms. The van der Waals surface area contributed by atoms with Crippen LogP contribution < -0.4 is 0 Å². The number of aromatic nitrogens is 2. The van der Waals surface area contributed by atoms with E-state index in [1.807, 2.05) is 17.8 Å². The Morgan fingerprint density at radius 2 is 2.09 bits per heavy atom. The van der Waals surface area contributed by atoms with Crippen molar-refractivity contribution in [1.82, 2.24) is 14.7 Å². The summed E-state index contributed by atoms with van der Waals surface area (Å²) in [5, 5.41) is 14.1. The van der Waals surface area contributed by atoms with Gasteiger partial charge in [-0.25, -0.2) is 8.78 Å². The van der Waals surface area contributed by atoms with Crippen LogP contribution in [0.3, 0.4) is 0 Å². The summed E-state index contributed by atoms with van der Waals surface area (Å²) >= 11 is 0. The number of hydrogen-bond acceptors (Lipinski definition) is 3. The highest BCUT2D eigenvalue weighted by molar-refractivity contribution is 5.23. The average Bonchev–Trinajstić information content (AvgIpc) is 3.05. The molecule has 2 heterocycles. The van der Waals surface area contributed by atoms with Crippen LogP contribution in [0.25, 0.3) is 0 Å². The van der Waals surface area contributed by atoms with E-state index < -0.39 is 17.7 Å². The van der Waals surface area contributed by atoms with Crippen molar-refractivity contribution in [2.75, 3.05) is 13.1 Å². The van der Waals surface area contributed by atoms with Crippen molar-refractivity contribution in [1.29, 1.82) is 0 Å². The van der Waals surface area contributed by atoms with E-state index in [2.05, 4.69) is 10.00 Å². The van der Waals surface area contributed by atoms with Gasteiger partial charge in [0.15, 0.2) is 11.6 Å². The van der Waals surface area contributed by atoms with Crippen molar-refractivity contribution in [3.8, 4) is 0 Å². The van der Waals surface area contributed by atoms with E-state index in [9.17, 15) is 13.9 Å². The van der Waals surface area contributed by atoms with Gasteiger partial charge in [-0.15, -0.1) is 0 Å². The highest BCUT2D eigenvalue weighted by Crippen LogP contribution is 2.32. The van der Waals surface area contributed by atoms with Gasteiger partial charge in [-0.05, 0) is 30.2 Å². The van der Waals surface area contributed by atoms with Crippen LogP contribution in [0.4, 0.5) is 8.78 Å². The monoisotopic (exact) mass is 307 g/mol. The molecule has 3 rings (SSSR count).